The van der Waals surface area contributed by atoms with E-state index in [0.717, 1.165) is 13.1 Å². The molecule has 0 aliphatic carbocycles. The second kappa shape index (κ2) is 6.50. The van der Waals surface area contributed by atoms with Gasteiger partial charge in [0, 0.05) is 49.2 Å². The number of rotatable bonds is 2. The number of amides is 1. The summed E-state index contributed by atoms with van der Waals surface area (Å²) in [5.74, 6) is -0.0162. The second-order valence-electron chi connectivity index (χ2n) is 5.45. The van der Waals surface area contributed by atoms with E-state index < -0.39 is 0 Å². The molecule has 1 aliphatic heterocycles. The molecule has 1 saturated heterocycles. The van der Waals surface area contributed by atoms with Crippen LogP contribution < -0.4 is 10.9 Å². The van der Waals surface area contributed by atoms with Crippen molar-refractivity contribution in [3.8, 4) is 0 Å². The van der Waals surface area contributed by atoms with Crippen molar-refractivity contribution in [2.24, 2.45) is 0 Å². The van der Waals surface area contributed by atoms with Crippen LogP contribution >= 0.6 is 12.4 Å². The van der Waals surface area contributed by atoms with E-state index in [1.807, 2.05) is 11.8 Å². The molecule has 8 heteroatoms. The summed E-state index contributed by atoms with van der Waals surface area (Å²) in [6.45, 7) is 6.05. The molecule has 3 rings (SSSR count). The maximum absolute atomic E-state index is 12.5. The number of aromatic amines is 1. The minimum Gasteiger partial charge on any atom is -0.337 e. The van der Waals surface area contributed by atoms with Crippen LogP contribution in [0.5, 0.6) is 0 Å². The molecule has 2 aromatic rings. The van der Waals surface area contributed by atoms with Crippen molar-refractivity contribution in [2.75, 3.05) is 19.6 Å². The number of fused-ring (bicyclic) bond motifs is 1. The van der Waals surface area contributed by atoms with Crippen LogP contribution in [0.1, 0.15) is 18.2 Å². The molecule has 1 aliphatic rings. The molecule has 0 spiro atoms. The highest BCUT2D eigenvalue weighted by Crippen LogP contribution is 2.09. The third-order valence-corrected chi connectivity index (χ3v) is 4.00. The van der Waals surface area contributed by atoms with Gasteiger partial charge < -0.3 is 10.2 Å². The zero-order valence-electron chi connectivity index (χ0n) is 12.6. The predicted octanol–water partition coefficient (Wildman–Crippen LogP) is 0.116. The van der Waals surface area contributed by atoms with Gasteiger partial charge in [-0.2, -0.15) is 0 Å². The Hall–Kier alpha value is -1.86. The second-order valence-corrected chi connectivity index (χ2v) is 5.45. The van der Waals surface area contributed by atoms with Crippen molar-refractivity contribution >= 4 is 24.0 Å². The average Bonchev–Trinajstić information content (AvgIpc) is 2.92. The molecule has 7 nitrogen and oxygen atoms in total. The first-order chi connectivity index (χ1) is 10.1. The first-order valence-electron chi connectivity index (χ1n) is 7.13. The highest BCUT2D eigenvalue weighted by atomic mass is 35.5. The topological polar surface area (TPSA) is 82.5 Å². The number of H-pyrrole nitrogens is 1. The Balaban J connectivity index is 0.00000176. The molecule has 1 amide bonds. The van der Waals surface area contributed by atoms with Gasteiger partial charge in [0.25, 0.3) is 5.56 Å². The van der Waals surface area contributed by atoms with Crippen LogP contribution in [0.25, 0.3) is 5.65 Å². The molecule has 1 fully saturated rings. The summed E-state index contributed by atoms with van der Waals surface area (Å²) in [5.41, 5.74) is 1.46. The molecule has 3 heterocycles. The molecule has 0 saturated carbocycles. The summed E-state index contributed by atoms with van der Waals surface area (Å²) in [4.78, 5) is 31.1. The number of carbonyl (C=O) groups is 1. The summed E-state index contributed by atoms with van der Waals surface area (Å²) in [5, 5.41) is 6.07. The molecule has 0 unspecified atom stereocenters. The molecular formula is C14H20ClN5O2. The van der Waals surface area contributed by atoms with Crippen molar-refractivity contribution in [3.63, 3.8) is 0 Å². The summed E-state index contributed by atoms with van der Waals surface area (Å²) in [6, 6.07) is 1.88. The normalized spacial score (nSPS) is 18.3. The summed E-state index contributed by atoms with van der Waals surface area (Å²) in [7, 11) is 0. The molecule has 0 radical (unpaired) electrons. The smallest absolute Gasteiger partial charge is 0.276 e. The number of aromatic nitrogens is 3. The zero-order chi connectivity index (χ0) is 15.0. The Labute approximate surface area is 134 Å². The lowest BCUT2D eigenvalue weighted by atomic mass is 10.1. The van der Waals surface area contributed by atoms with Gasteiger partial charge in [-0.25, -0.2) is 9.50 Å². The van der Waals surface area contributed by atoms with Crippen molar-refractivity contribution in [1.29, 1.82) is 0 Å². The third kappa shape index (κ3) is 2.86. The van der Waals surface area contributed by atoms with E-state index in [-0.39, 0.29) is 36.3 Å². The fourth-order valence-corrected chi connectivity index (χ4v) is 2.77. The van der Waals surface area contributed by atoms with Crippen LogP contribution in [0, 0.1) is 6.92 Å². The quantitative estimate of drug-likeness (QED) is 0.821. The number of nitrogens with zero attached hydrogens (tertiary/aromatic N) is 3. The van der Waals surface area contributed by atoms with Gasteiger partial charge in [-0.1, -0.05) is 0 Å². The van der Waals surface area contributed by atoms with Crippen molar-refractivity contribution < 1.29 is 4.79 Å². The third-order valence-electron chi connectivity index (χ3n) is 4.00. The van der Waals surface area contributed by atoms with Gasteiger partial charge in [-0.05, 0) is 13.8 Å². The number of nitrogens with one attached hydrogen (secondary N) is 2. The van der Waals surface area contributed by atoms with E-state index in [1.54, 1.807) is 19.2 Å². The maximum atomic E-state index is 12.5. The largest absolute Gasteiger partial charge is 0.337 e. The molecule has 22 heavy (non-hydrogen) atoms. The van der Waals surface area contributed by atoms with Crippen molar-refractivity contribution in [3.05, 3.63) is 33.9 Å². The van der Waals surface area contributed by atoms with Crippen LogP contribution in [0.4, 0.5) is 0 Å². The zero-order valence-corrected chi connectivity index (χ0v) is 13.4. The summed E-state index contributed by atoms with van der Waals surface area (Å²) < 4.78 is 1.37. The molecular weight excluding hydrogens is 306 g/mol. The number of hydrogen-bond acceptors (Lipinski definition) is 4. The molecule has 2 aromatic heterocycles. The van der Waals surface area contributed by atoms with Gasteiger partial charge >= 0.3 is 0 Å². The van der Waals surface area contributed by atoms with Gasteiger partial charge in [-0.3, -0.25) is 14.7 Å². The molecule has 0 aromatic carbocycles. The van der Waals surface area contributed by atoms with Crippen LogP contribution in [0.3, 0.4) is 0 Å². The van der Waals surface area contributed by atoms with E-state index in [9.17, 15) is 9.59 Å². The first kappa shape index (κ1) is 16.5. The SMILES string of the molecule is Cc1nc2cc[nH]n2c(=O)c1CC(=O)N1CCNC[C@H]1C.Cl. The Bertz CT molecular complexity index is 738. The van der Waals surface area contributed by atoms with Crippen LogP contribution in [-0.4, -0.2) is 51.1 Å². The van der Waals surface area contributed by atoms with Gasteiger partial charge in [0.1, 0.15) is 0 Å². The van der Waals surface area contributed by atoms with Crippen LogP contribution in [0.2, 0.25) is 0 Å². The van der Waals surface area contributed by atoms with Gasteiger partial charge in [0.2, 0.25) is 5.91 Å². The van der Waals surface area contributed by atoms with E-state index in [2.05, 4.69) is 15.4 Å². The number of aryl methyl sites for hydroxylation is 1. The van der Waals surface area contributed by atoms with E-state index in [1.165, 1.54) is 4.52 Å². The summed E-state index contributed by atoms with van der Waals surface area (Å²) in [6.07, 6.45) is 1.76. The highest BCUT2D eigenvalue weighted by molar-refractivity contribution is 5.85. The van der Waals surface area contributed by atoms with E-state index in [0.29, 0.717) is 23.4 Å². The Kier molecular flexibility index (Phi) is 4.87. The van der Waals surface area contributed by atoms with E-state index >= 15 is 0 Å². The fourth-order valence-electron chi connectivity index (χ4n) is 2.77. The average molecular weight is 326 g/mol. The van der Waals surface area contributed by atoms with E-state index in [4.69, 9.17) is 0 Å². The van der Waals surface area contributed by atoms with Gasteiger partial charge in [0.05, 0.1) is 6.42 Å². The lowest BCUT2D eigenvalue weighted by molar-refractivity contribution is -0.133. The lowest BCUT2D eigenvalue weighted by Gasteiger charge is -2.34. The predicted molar refractivity (Wildman–Crippen MR) is 85.5 cm³/mol. The molecule has 120 valence electrons. The maximum Gasteiger partial charge on any atom is 0.276 e. The standard InChI is InChI=1S/C14H19N5O2.ClH/c1-9-8-15-5-6-18(9)13(20)7-11-10(2)17-12-3-4-16-19(12)14(11)21;/h3-4,9,15-16H,5-8H2,1-2H3;1H/t9-;/m1./s1. The first-order valence-corrected chi connectivity index (χ1v) is 7.13. The van der Waals surface area contributed by atoms with Crippen molar-refractivity contribution in [1.82, 2.24) is 24.8 Å². The minimum absolute atomic E-state index is 0. The minimum atomic E-state index is -0.196. The summed E-state index contributed by atoms with van der Waals surface area (Å²) >= 11 is 0. The lowest BCUT2D eigenvalue weighted by Crippen LogP contribution is -2.53. The van der Waals surface area contributed by atoms with Crippen molar-refractivity contribution in [2.45, 2.75) is 26.3 Å². The number of hydrogen-bond donors (Lipinski definition) is 2. The van der Waals surface area contributed by atoms with Gasteiger partial charge in [-0.15, -0.1) is 12.4 Å². The van der Waals surface area contributed by atoms with Crippen LogP contribution in [-0.2, 0) is 11.2 Å². The number of piperazine rings is 1. The monoisotopic (exact) mass is 325 g/mol. The van der Waals surface area contributed by atoms with Crippen LogP contribution in [0.15, 0.2) is 17.1 Å². The highest BCUT2D eigenvalue weighted by Gasteiger charge is 2.24. The van der Waals surface area contributed by atoms with Gasteiger partial charge in [0.15, 0.2) is 5.65 Å². The molecule has 2 N–H and O–H groups in total. The fraction of sp³-hybridized carbons (Fsp3) is 0.500. The Morgan fingerprint density at radius 2 is 2.27 bits per heavy atom. The number of halogens is 1. The molecule has 0 bridgehead atoms. The Morgan fingerprint density at radius 3 is 3.00 bits per heavy atom. The number of carbonyl (C=O) groups excluding carboxylic acids is 1. The Morgan fingerprint density at radius 1 is 1.50 bits per heavy atom. The molecule has 1 atom stereocenters.